The summed E-state index contributed by atoms with van der Waals surface area (Å²) in [5.41, 5.74) is 5.90. The summed E-state index contributed by atoms with van der Waals surface area (Å²) in [7, 11) is 0. The summed E-state index contributed by atoms with van der Waals surface area (Å²) >= 11 is 1.25. The summed E-state index contributed by atoms with van der Waals surface area (Å²) < 4.78 is 5.48. The van der Waals surface area contributed by atoms with Crippen LogP contribution in [0.5, 0.6) is 0 Å². The minimum Gasteiger partial charge on any atom is -0.481 e. The highest BCUT2D eigenvalue weighted by atomic mass is 32.1. The Bertz CT molecular complexity index is 483. The first-order chi connectivity index (χ1) is 9.56. The van der Waals surface area contributed by atoms with E-state index in [4.69, 9.17) is 15.6 Å². The molecule has 0 aliphatic carbocycles. The number of aliphatic carboxylic acids is 1. The van der Waals surface area contributed by atoms with Crippen LogP contribution in [0.1, 0.15) is 29.8 Å². The fourth-order valence-corrected chi connectivity index (χ4v) is 2.62. The molecule has 0 aromatic carbocycles. The molecule has 0 atom stereocenters. The minimum atomic E-state index is -0.862. The number of nitrogen functional groups attached to an aromatic ring is 1. The van der Waals surface area contributed by atoms with Crippen molar-refractivity contribution in [2.24, 2.45) is 0 Å². The lowest BCUT2D eigenvalue weighted by Crippen LogP contribution is -2.41. The van der Waals surface area contributed by atoms with E-state index in [1.165, 1.54) is 11.3 Å². The molecule has 1 aromatic heterocycles. The molecule has 0 unspecified atom stereocenters. The number of carbonyl (C=O) groups is 2. The van der Waals surface area contributed by atoms with E-state index < -0.39 is 5.97 Å². The first-order valence-corrected chi connectivity index (χ1v) is 7.28. The van der Waals surface area contributed by atoms with E-state index in [9.17, 15) is 9.59 Å². The molecule has 1 aliphatic rings. The number of nitrogens with zero attached hydrogens (tertiary/aromatic N) is 2. The van der Waals surface area contributed by atoms with Crippen molar-refractivity contribution in [1.29, 1.82) is 0 Å². The number of hydrogen-bond acceptors (Lipinski definition) is 6. The third-order valence-electron chi connectivity index (χ3n) is 3.14. The molecule has 110 valence electrons. The molecule has 0 radical (unpaired) electrons. The molecule has 1 fully saturated rings. The molecule has 1 saturated heterocycles. The number of likely N-dealkylation sites (tertiary alicyclic amines) is 1. The molecule has 0 saturated carbocycles. The van der Waals surface area contributed by atoms with Gasteiger partial charge in [0, 0.05) is 18.5 Å². The number of aromatic nitrogens is 1. The zero-order valence-corrected chi connectivity index (χ0v) is 11.8. The molecule has 2 heterocycles. The van der Waals surface area contributed by atoms with Gasteiger partial charge in [-0.2, -0.15) is 0 Å². The smallest absolute Gasteiger partial charge is 0.305 e. The van der Waals surface area contributed by atoms with Crippen LogP contribution >= 0.6 is 11.3 Å². The third kappa shape index (κ3) is 3.91. The van der Waals surface area contributed by atoms with E-state index >= 15 is 0 Å². The number of thiazole rings is 1. The fraction of sp³-hybridized carbons (Fsp3) is 0.583. The second-order valence-electron chi connectivity index (χ2n) is 4.58. The van der Waals surface area contributed by atoms with Crippen molar-refractivity contribution in [3.63, 3.8) is 0 Å². The van der Waals surface area contributed by atoms with Crippen LogP contribution in [0, 0.1) is 0 Å². The molecule has 0 spiro atoms. The summed E-state index contributed by atoms with van der Waals surface area (Å²) in [6.45, 7) is 1.40. The molecule has 3 N–H and O–H groups in total. The number of carboxylic acid groups (broad SMARTS) is 1. The van der Waals surface area contributed by atoms with Gasteiger partial charge in [-0.3, -0.25) is 9.59 Å². The predicted molar refractivity (Wildman–Crippen MR) is 73.7 cm³/mol. The Morgan fingerprint density at radius 3 is 2.75 bits per heavy atom. The second kappa shape index (κ2) is 6.67. The number of rotatable bonds is 5. The third-order valence-corrected chi connectivity index (χ3v) is 3.81. The minimum absolute atomic E-state index is 0.0112. The van der Waals surface area contributed by atoms with Gasteiger partial charge in [-0.05, 0) is 12.8 Å². The molecule has 1 amide bonds. The van der Waals surface area contributed by atoms with Gasteiger partial charge in [0.1, 0.15) is 5.69 Å². The van der Waals surface area contributed by atoms with E-state index in [0.29, 0.717) is 36.8 Å². The highest BCUT2D eigenvalue weighted by Gasteiger charge is 2.25. The Balaban J connectivity index is 1.76. The van der Waals surface area contributed by atoms with E-state index in [2.05, 4.69) is 4.98 Å². The van der Waals surface area contributed by atoms with Gasteiger partial charge in [-0.25, -0.2) is 4.98 Å². The number of ether oxygens (including phenoxy) is 1. The predicted octanol–water partition coefficient (Wildman–Crippen LogP) is 0.821. The van der Waals surface area contributed by atoms with Crippen LogP contribution in [0.3, 0.4) is 0 Å². The number of hydrogen-bond donors (Lipinski definition) is 2. The Labute approximate surface area is 120 Å². The molecule has 2 rings (SSSR count). The van der Waals surface area contributed by atoms with Crippen molar-refractivity contribution < 1.29 is 19.4 Å². The first kappa shape index (κ1) is 14.7. The average molecular weight is 299 g/mol. The van der Waals surface area contributed by atoms with Crippen LogP contribution in [0.15, 0.2) is 5.38 Å². The molecule has 7 nitrogen and oxygen atoms in total. The normalized spacial score (nSPS) is 16.3. The zero-order valence-electron chi connectivity index (χ0n) is 10.9. The molecule has 20 heavy (non-hydrogen) atoms. The lowest BCUT2D eigenvalue weighted by atomic mass is 10.1. The average Bonchev–Trinajstić information content (AvgIpc) is 2.85. The maximum atomic E-state index is 12.1. The Morgan fingerprint density at radius 1 is 1.50 bits per heavy atom. The number of nitrogens with two attached hydrogens (primary N) is 1. The van der Waals surface area contributed by atoms with Crippen molar-refractivity contribution in [2.45, 2.75) is 25.4 Å². The van der Waals surface area contributed by atoms with Crippen molar-refractivity contribution in [3.8, 4) is 0 Å². The molecular formula is C12H17N3O4S. The van der Waals surface area contributed by atoms with E-state index in [0.717, 1.165) is 0 Å². The van der Waals surface area contributed by atoms with Crippen LogP contribution in [-0.2, 0) is 9.53 Å². The molecule has 8 heteroatoms. The molecular weight excluding hydrogens is 282 g/mol. The van der Waals surface area contributed by atoms with Crippen LogP contribution in [-0.4, -0.2) is 52.7 Å². The summed E-state index contributed by atoms with van der Waals surface area (Å²) in [6, 6.07) is 0. The first-order valence-electron chi connectivity index (χ1n) is 6.40. The highest BCUT2D eigenvalue weighted by molar-refractivity contribution is 7.13. The summed E-state index contributed by atoms with van der Waals surface area (Å²) in [6.07, 6.45) is 1.46. The zero-order chi connectivity index (χ0) is 14.5. The number of amides is 1. The van der Waals surface area contributed by atoms with Gasteiger partial charge in [-0.15, -0.1) is 11.3 Å². The van der Waals surface area contributed by atoms with Gasteiger partial charge in [-0.1, -0.05) is 0 Å². The van der Waals surface area contributed by atoms with Gasteiger partial charge >= 0.3 is 5.97 Å². The number of piperidine rings is 1. The number of carboxylic acids is 1. The standard InChI is InChI=1S/C12H17N3O4S/c13-12-14-9(7-20-12)11(18)15-4-1-8(2-5-15)19-6-3-10(16)17/h7-8H,1-6H2,(H2,13,14)(H,16,17). The number of carbonyl (C=O) groups excluding carboxylic acids is 1. The van der Waals surface area contributed by atoms with Crippen LogP contribution < -0.4 is 5.73 Å². The van der Waals surface area contributed by atoms with Crippen molar-refractivity contribution in [2.75, 3.05) is 25.4 Å². The maximum absolute atomic E-state index is 12.1. The highest BCUT2D eigenvalue weighted by Crippen LogP contribution is 2.18. The molecule has 0 bridgehead atoms. The van der Waals surface area contributed by atoms with Gasteiger partial charge < -0.3 is 20.5 Å². The van der Waals surface area contributed by atoms with E-state index in [-0.39, 0.29) is 25.0 Å². The quantitative estimate of drug-likeness (QED) is 0.834. The Kier molecular flexibility index (Phi) is 4.91. The molecule has 1 aliphatic heterocycles. The number of anilines is 1. The van der Waals surface area contributed by atoms with Crippen molar-refractivity contribution in [3.05, 3.63) is 11.1 Å². The summed E-state index contributed by atoms with van der Waals surface area (Å²) in [5.74, 6) is -0.972. The van der Waals surface area contributed by atoms with Crippen molar-refractivity contribution in [1.82, 2.24) is 9.88 Å². The second-order valence-corrected chi connectivity index (χ2v) is 5.47. The maximum Gasteiger partial charge on any atom is 0.305 e. The summed E-state index contributed by atoms with van der Waals surface area (Å²) in [5, 5.41) is 10.6. The summed E-state index contributed by atoms with van der Waals surface area (Å²) in [4.78, 5) is 28.2. The van der Waals surface area contributed by atoms with Gasteiger partial charge in [0.2, 0.25) is 0 Å². The van der Waals surface area contributed by atoms with E-state index in [1.54, 1.807) is 10.3 Å². The topological polar surface area (TPSA) is 106 Å². The lowest BCUT2D eigenvalue weighted by molar-refractivity contribution is -0.138. The van der Waals surface area contributed by atoms with E-state index in [1.807, 2.05) is 0 Å². The monoisotopic (exact) mass is 299 g/mol. The lowest BCUT2D eigenvalue weighted by Gasteiger charge is -2.31. The largest absolute Gasteiger partial charge is 0.481 e. The van der Waals surface area contributed by atoms with Gasteiger partial charge in [0.25, 0.3) is 5.91 Å². The van der Waals surface area contributed by atoms with Crippen LogP contribution in [0.2, 0.25) is 0 Å². The SMILES string of the molecule is Nc1nc(C(=O)N2CCC(OCCC(=O)O)CC2)cs1. The van der Waals surface area contributed by atoms with Crippen LogP contribution in [0.25, 0.3) is 0 Å². The fourth-order valence-electron chi connectivity index (χ4n) is 2.09. The van der Waals surface area contributed by atoms with Gasteiger partial charge in [0.05, 0.1) is 19.1 Å². The van der Waals surface area contributed by atoms with Gasteiger partial charge in [0.15, 0.2) is 5.13 Å². The molecule has 1 aromatic rings. The Hall–Kier alpha value is -1.67. The Morgan fingerprint density at radius 2 is 2.20 bits per heavy atom. The van der Waals surface area contributed by atoms with Crippen LogP contribution in [0.4, 0.5) is 5.13 Å². The van der Waals surface area contributed by atoms with Crippen molar-refractivity contribution >= 4 is 28.3 Å².